The molecule has 0 saturated heterocycles. The van der Waals surface area contributed by atoms with Gasteiger partial charge in [-0.15, -0.1) is 0 Å². The van der Waals surface area contributed by atoms with Gasteiger partial charge in [-0.05, 0) is 54.3 Å². The maximum absolute atomic E-state index is 15.7. The van der Waals surface area contributed by atoms with Crippen molar-refractivity contribution < 1.29 is 19.3 Å². The molecule has 0 amide bonds. The number of ether oxygens (including phenoxy) is 2. The first-order valence-corrected chi connectivity index (χ1v) is 15.0. The summed E-state index contributed by atoms with van der Waals surface area (Å²) in [5, 5.41) is 21.1. The van der Waals surface area contributed by atoms with Gasteiger partial charge in [-0.2, -0.15) is 10.5 Å². The summed E-state index contributed by atoms with van der Waals surface area (Å²) in [6.07, 6.45) is 10.5. The number of hydrogen-bond donors (Lipinski definition) is 0. The molecule has 228 valence electrons. The summed E-state index contributed by atoms with van der Waals surface area (Å²) in [6.45, 7) is 13.6. The summed E-state index contributed by atoms with van der Waals surface area (Å²) in [7, 11) is 0. The molecular weight excluding hydrogens is 539 g/mol. The number of hydrogen-bond acceptors (Lipinski definition) is 4. The van der Waals surface area contributed by atoms with Crippen LogP contribution in [-0.2, 0) is 10.2 Å². The Kier molecular flexibility index (Phi) is 13.6. The Hall–Kier alpha value is -3.97. The Morgan fingerprint density at radius 2 is 1.63 bits per heavy atom. The van der Waals surface area contributed by atoms with Crippen LogP contribution in [0.1, 0.15) is 96.8 Å². The summed E-state index contributed by atoms with van der Waals surface area (Å²) >= 11 is 0. The van der Waals surface area contributed by atoms with Gasteiger partial charge in [0.05, 0.1) is 17.7 Å². The first-order chi connectivity index (χ1) is 20.2. The number of halogens is 1. The number of nitrogens with zero attached hydrogens (tertiary/aromatic N) is 2. The molecule has 0 atom stereocenters. The van der Waals surface area contributed by atoms with Crippen molar-refractivity contribution in [2.75, 3.05) is 13.2 Å². The van der Waals surface area contributed by atoms with E-state index in [1.807, 2.05) is 64.1 Å². The van der Waals surface area contributed by atoms with Crippen LogP contribution in [0.25, 0.3) is 21.9 Å². The van der Waals surface area contributed by atoms with Gasteiger partial charge in [-0.1, -0.05) is 95.9 Å². The third-order valence-corrected chi connectivity index (χ3v) is 7.29. The molecule has 4 rings (SSSR count). The van der Waals surface area contributed by atoms with Crippen molar-refractivity contribution in [3.05, 3.63) is 88.5 Å². The molecule has 0 saturated carbocycles. The zero-order chi connectivity index (χ0) is 30.7. The average molecular weight is 585 g/mol. The summed E-state index contributed by atoms with van der Waals surface area (Å²) in [5.74, 6) is 0.742. The van der Waals surface area contributed by atoms with E-state index in [0.717, 1.165) is 24.2 Å². The van der Waals surface area contributed by atoms with Crippen molar-refractivity contribution in [1.29, 1.82) is 10.5 Å². The second-order valence-corrected chi connectivity index (χ2v) is 11.5. The predicted molar refractivity (Wildman–Crippen MR) is 173 cm³/mol. The average Bonchev–Trinajstić information content (AvgIpc) is 2.97. The molecule has 3 aromatic carbocycles. The largest absolute Gasteiger partial charge is 0.461 e. The fraction of sp³-hybridized carbons (Fsp3) is 0.405. The number of benzene rings is 3. The molecule has 5 nitrogen and oxygen atoms in total. The van der Waals surface area contributed by atoms with E-state index < -0.39 is 11.2 Å². The van der Waals surface area contributed by atoms with Crippen molar-refractivity contribution in [2.45, 2.75) is 85.5 Å². The maximum Gasteiger partial charge on any atom is 0.142 e. The smallest absolute Gasteiger partial charge is 0.142 e. The molecule has 2 N–H and O–H groups in total. The molecule has 0 heterocycles. The van der Waals surface area contributed by atoms with Crippen LogP contribution in [0.5, 0.6) is 5.75 Å². The van der Waals surface area contributed by atoms with Crippen LogP contribution in [0, 0.1) is 28.5 Å². The molecule has 1 aliphatic carbocycles. The van der Waals surface area contributed by atoms with Gasteiger partial charge in [0.2, 0.25) is 0 Å². The molecule has 0 aromatic heterocycles. The monoisotopic (exact) mass is 584 g/mol. The molecule has 0 spiro atoms. The van der Waals surface area contributed by atoms with Gasteiger partial charge in [-0.3, -0.25) is 0 Å². The summed E-state index contributed by atoms with van der Waals surface area (Å²) in [6, 6.07) is 16.9. The third kappa shape index (κ3) is 8.77. The highest BCUT2D eigenvalue weighted by molar-refractivity contribution is 6.05. The van der Waals surface area contributed by atoms with E-state index in [2.05, 4.69) is 32.1 Å². The van der Waals surface area contributed by atoms with Crippen LogP contribution in [0.3, 0.4) is 0 Å². The lowest BCUT2D eigenvalue weighted by atomic mass is 9.81. The molecule has 0 aliphatic heterocycles. The van der Waals surface area contributed by atoms with Crippen LogP contribution in [0.15, 0.2) is 65.9 Å². The van der Waals surface area contributed by atoms with Gasteiger partial charge in [0.25, 0.3) is 0 Å². The van der Waals surface area contributed by atoms with Gasteiger partial charge in [0.15, 0.2) is 0 Å². The topological polar surface area (TPSA) is 97.5 Å². The van der Waals surface area contributed by atoms with E-state index in [9.17, 15) is 10.5 Å². The van der Waals surface area contributed by atoms with E-state index in [1.165, 1.54) is 30.9 Å². The zero-order valence-corrected chi connectivity index (χ0v) is 26.4. The van der Waals surface area contributed by atoms with Crippen molar-refractivity contribution in [3.63, 3.8) is 0 Å². The first kappa shape index (κ1) is 35.2. The van der Waals surface area contributed by atoms with Crippen molar-refractivity contribution in [2.24, 2.45) is 0 Å². The molecule has 6 heteroatoms. The van der Waals surface area contributed by atoms with Crippen LogP contribution >= 0.6 is 0 Å². The summed E-state index contributed by atoms with van der Waals surface area (Å²) < 4.78 is 27.8. The van der Waals surface area contributed by atoms with Crippen LogP contribution in [0.4, 0.5) is 4.39 Å². The lowest BCUT2D eigenvalue weighted by Crippen LogP contribution is -2.17. The highest BCUT2D eigenvalue weighted by atomic mass is 19.1. The lowest BCUT2D eigenvalue weighted by Gasteiger charge is -2.27. The van der Waals surface area contributed by atoms with Gasteiger partial charge in [0, 0.05) is 29.5 Å². The molecular formula is C37H45FN2O3. The third-order valence-electron chi connectivity index (χ3n) is 7.29. The zero-order valence-electron chi connectivity index (χ0n) is 26.4. The summed E-state index contributed by atoms with van der Waals surface area (Å²) in [5.41, 5.74) is 2.98. The SMILES string of the molecule is CCCCC.CCOCCC1=CC=C(Oc2c(C(C)(C)C)c(F)cc3cc(C#N)c(C#N)c(-c4ccccc4)c23)CC1.O. The Labute approximate surface area is 256 Å². The molecule has 0 bridgehead atoms. The fourth-order valence-corrected chi connectivity index (χ4v) is 5.19. The molecule has 3 aromatic rings. The Morgan fingerprint density at radius 3 is 2.14 bits per heavy atom. The minimum Gasteiger partial charge on any atom is -0.461 e. The first-order valence-electron chi connectivity index (χ1n) is 15.0. The molecule has 0 unspecified atom stereocenters. The lowest BCUT2D eigenvalue weighted by molar-refractivity contribution is 0.150. The Balaban J connectivity index is 0.000000993. The number of allylic oxidation sites excluding steroid dienone is 3. The standard InChI is InChI=1S/C32H31FN2O2.C5H12.H2O/c1-5-36-16-15-21-11-13-25(14-12-21)37-31-29-23(18-27(33)30(31)32(2,3)4)17-24(19-34)26(20-35)28(29)22-9-7-6-8-10-22;1-3-5-4-2;/h6-11,13,17-18H,5,12,14-16H2,1-4H3;3-5H2,1-2H3;1H2. The Bertz CT molecular complexity index is 1520. The number of fused-ring (bicyclic) bond motifs is 1. The predicted octanol–water partition coefficient (Wildman–Crippen LogP) is 9.47. The second-order valence-electron chi connectivity index (χ2n) is 11.5. The van der Waals surface area contributed by atoms with Crippen molar-refractivity contribution in [1.82, 2.24) is 0 Å². The van der Waals surface area contributed by atoms with E-state index in [-0.39, 0.29) is 16.6 Å². The van der Waals surface area contributed by atoms with E-state index >= 15 is 4.39 Å². The number of nitriles is 2. The van der Waals surface area contributed by atoms with Crippen LogP contribution < -0.4 is 4.74 Å². The van der Waals surface area contributed by atoms with Gasteiger partial charge in [0.1, 0.15) is 29.5 Å². The highest BCUT2D eigenvalue weighted by Crippen LogP contribution is 2.46. The number of unbranched alkanes of at least 4 members (excludes halogenated alkanes) is 2. The molecule has 0 radical (unpaired) electrons. The normalized spacial score (nSPS) is 12.6. The van der Waals surface area contributed by atoms with E-state index in [0.29, 0.717) is 47.3 Å². The Morgan fingerprint density at radius 1 is 0.930 bits per heavy atom. The minimum absolute atomic E-state index is 0. The van der Waals surface area contributed by atoms with E-state index in [1.54, 1.807) is 6.07 Å². The maximum atomic E-state index is 15.7. The van der Waals surface area contributed by atoms with Crippen LogP contribution in [0.2, 0.25) is 0 Å². The van der Waals surface area contributed by atoms with Crippen molar-refractivity contribution >= 4 is 10.8 Å². The van der Waals surface area contributed by atoms with Gasteiger partial charge < -0.3 is 14.9 Å². The second kappa shape index (κ2) is 16.6. The molecule has 0 fully saturated rings. The highest BCUT2D eigenvalue weighted by Gasteiger charge is 2.30. The van der Waals surface area contributed by atoms with Crippen molar-refractivity contribution in [3.8, 4) is 29.0 Å². The summed E-state index contributed by atoms with van der Waals surface area (Å²) in [4.78, 5) is 0. The van der Waals surface area contributed by atoms with Gasteiger partial charge in [-0.25, -0.2) is 4.39 Å². The van der Waals surface area contributed by atoms with E-state index in [4.69, 9.17) is 9.47 Å². The quantitative estimate of drug-likeness (QED) is 0.234. The minimum atomic E-state index is -0.573. The fourth-order valence-electron chi connectivity index (χ4n) is 5.19. The van der Waals surface area contributed by atoms with Gasteiger partial charge >= 0.3 is 0 Å². The molecule has 1 aliphatic rings. The number of rotatable bonds is 9. The van der Waals surface area contributed by atoms with Crippen LogP contribution in [-0.4, -0.2) is 18.7 Å². The molecule has 43 heavy (non-hydrogen) atoms.